The van der Waals surface area contributed by atoms with E-state index in [2.05, 4.69) is 78.9 Å². The molecular formula is C40H36FIrN3OSi-2. The van der Waals surface area contributed by atoms with Gasteiger partial charge in [-0.15, -0.1) is 54.1 Å². The van der Waals surface area contributed by atoms with Crippen molar-refractivity contribution < 1.29 is 28.9 Å². The SMILES string of the molecule is CC(C)Cc1cc(-c2[c-]cccc2)ncc1[Si](C)(C)C.Fc1ccc(-c2ccc3c(n2)oc2c(-c4ccccn4)[c-]ccc23)cc1.[Ir]. The second-order valence-corrected chi connectivity index (χ2v) is 17.9. The van der Waals surface area contributed by atoms with Crippen LogP contribution >= 0.6 is 0 Å². The molecule has 0 saturated carbocycles. The molecule has 47 heavy (non-hydrogen) atoms. The minimum Gasteiger partial charge on any atom is -0.486 e. The molecule has 0 unspecified atom stereocenters. The van der Waals surface area contributed by atoms with Gasteiger partial charge in [0.15, 0.2) is 0 Å². The zero-order valence-electron chi connectivity index (χ0n) is 27.1. The van der Waals surface area contributed by atoms with E-state index in [1.807, 2.05) is 60.7 Å². The molecule has 7 rings (SSSR count). The van der Waals surface area contributed by atoms with Crippen LogP contribution in [0, 0.1) is 23.9 Å². The first kappa shape index (κ1) is 34.1. The molecule has 3 aromatic carbocycles. The van der Waals surface area contributed by atoms with E-state index < -0.39 is 8.07 Å². The third-order valence-electron chi connectivity index (χ3n) is 7.77. The van der Waals surface area contributed by atoms with Crippen molar-refractivity contribution in [3.8, 4) is 33.8 Å². The standard InChI is InChI=1S/C22H12FN2O.C18H24NSi.Ir/c23-15-9-7-14(8-10-15)19-12-11-17-16-4-3-5-18(20-6-1-2-13-24-20)21(16)26-22(17)25-19;1-14(2)11-16-12-17(15-9-7-6-8-10-15)19-13-18(16)20(3,4)5;/h1-4,6-13H;6-9,12-14H,11H2,1-5H3;/q2*-1;. The summed E-state index contributed by atoms with van der Waals surface area (Å²) in [7, 11) is -1.34. The number of rotatable bonds is 6. The van der Waals surface area contributed by atoms with Gasteiger partial charge in [-0.05, 0) is 71.4 Å². The first-order valence-corrected chi connectivity index (χ1v) is 19.0. The van der Waals surface area contributed by atoms with E-state index in [9.17, 15) is 4.39 Å². The van der Waals surface area contributed by atoms with Gasteiger partial charge in [0.2, 0.25) is 5.71 Å². The van der Waals surface area contributed by atoms with Gasteiger partial charge < -0.3 is 14.4 Å². The van der Waals surface area contributed by atoms with Crippen LogP contribution in [-0.4, -0.2) is 23.0 Å². The Morgan fingerprint density at radius 2 is 1.57 bits per heavy atom. The van der Waals surface area contributed by atoms with Crippen LogP contribution in [0.15, 0.2) is 114 Å². The summed E-state index contributed by atoms with van der Waals surface area (Å²) in [5, 5.41) is 3.39. The Hall–Kier alpha value is -4.29. The van der Waals surface area contributed by atoms with Gasteiger partial charge in [0.1, 0.15) is 5.82 Å². The van der Waals surface area contributed by atoms with Crippen molar-refractivity contribution in [2.45, 2.75) is 39.9 Å². The summed E-state index contributed by atoms with van der Waals surface area (Å²) in [5.41, 5.74) is 8.04. The van der Waals surface area contributed by atoms with Gasteiger partial charge in [0, 0.05) is 43.4 Å². The molecule has 0 amide bonds. The summed E-state index contributed by atoms with van der Waals surface area (Å²) in [6.07, 6.45) is 4.98. The van der Waals surface area contributed by atoms with Crippen LogP contribution < -0.4 is 5.19 Å². The normalized spacial score (nSPS) is 11.3. The van der Waals surface area contributed by atoms with Crippen molar-refractivity contribution in [3.63, 3.8) is 0 Å². The monoisotopic (exact) mass is 814 g/mol. The topological polar surface area (TPSA) is 51.8 Å². The number of furan rings is 1. The van der Waals surface area contributed by atoms with E-state index >= 15 is 0 Å². The Labute approximate surface area is 290 Å². The van der Waals surface area contributed by atoms with E-state index in [1.54, 1.807) is 18.3 Å². The summed E-state index contributed by atoms with van der Waals surface area (Å²) in [6, 6.07) is 36.6. The quantitative estimate of drug-likeness (QED) is 0.124. The first-order chi connectivity index (χ1) is 22.2. The fourth-order valence-corrected chi connectivity index (χ4v) is 7.18. The van der Waals surface area contributed by atoms with Gasteiger partial charge >= 0.3 is 0 Å². The van der Waals surface area contributed by atoms with E-state index in [0.29, 0.717) is 17.2 Å². The van der Waals surface area contributed by atoms with Crippen LogP contribution in [-0.2, 0) is 26.5 Å². The Kier molecular flexibility index (Phi) is 10.6. The van der Waals surface area contributed by atoms with Crippen molar-refractivity contribution >= 4 is 35.3 Å². The van der Waals surface area contributed by atoms with Crippen LogP contribution in [0.3, 0.4) is 0 Å². The van der Waals surface area contributed by atoms with Gasteiger partial charge in [-0.25, -0.2) is 9.37 Å². The number of hydrogen-bond donors (Lipinski definition) is 0. The molecule has 4 nitrogen and oxygen atoms in total. The summed E-state index contributed by atoms with van der Waals surface area (Å²) in [6.45, 7) is 11.7. The predicted octanol–water partition coefficient (Wildman–Crippen LogP) is 9.94. The Morgan fingerprint density at radius 3 is 2.26 bits per heavy atom. The van der Waals surface area contributed by atoms with Gasteiger partial charge in [0.25, 0.3) is 0 Å². The third kappa shape index (κ3) is 7.82. The molecule has 0 aliphatic carbocycles. The summed E-state index contributed by atoms with van der Waals surface area (Å²) in [5.74, 6) is 0.397. The molecule has 7 aromatic rings. The van der Waals surface area contributed by atoms with Crippen LogP contribution in [0.1, 0.15) is 19.4 Å². The minimum atomic E-state index is -1.34. The van der Waals surface area contributed by atoms with E-state index in [4.69, 9.17) is 4.42 Å². The molecule has 4 heterocycles. The summed E-state index contributed by atoms with van der Waals surface area (Å²) < 4.78 is 19.2. The molecular weight excluding hydrogens is 778 g/mol. The van der Waals surface area contributed by atoms with Crippen LogP contribution in [0.2, 0.25) is 19.6 Å². The van der Waals surface area contributed by atoms with Gasteiger partial charge in [-0.3, -0.25) is 0 Å². The number of pyridine rings is 3. The maximum Gasteiger partial charge on any atom is 0.216 e. The van der Waals surface area contributed by atoms with Gasteiger partial charge in [-0.1, -0.05) is 68.2 Å². The van der Waals surface area contributed by atoms with Crippen molar-refractivity contribution in [3.05, 3.63) is 133 Å². The fourth-order valence-electron chi connectivity index (χ4n) is 5.59. The molecule has 0 aliphatic rings. The van der Waals surface area contributed by atoms with Crippen LogP contribution in [0.4, 0.5) is 4.39 Å². The second kappa shape index (κ2) is 14.6. The average molecular weight is 814 g/mol. The molecule has 4 aromatic heterocycles. The van der Waals surface area contributed by atoms with Crippen molar-refractivity contribution in [1.82, 2.24) is 15.0 Å². The fraction of sp³-hybridized carbons (Fsp3) is 0.175. The zero-order chi connectivity index (χ0) is 32.3. The molecule has 0 atom stereocenters. The largest absolute Gasteiger partial charge is 0.486 e. The van der Waals surface area contributed by atoms with Crippen LogP contribution in [0.5, 0.6) is 0 Å². The van der Waals surface area contributed by atoms with Crippen molar-refractivity contribution in [2.75, 3.05) is 0 Å². The maximum atomic E-state index is 13.2. The summed E-state index contributed by atoms with van der Waals surface area (Å²) >= 11 is 0. The maximum absolute atomic E-state index is 13.2. The smallest absolute Gasteiger partial charge is 0.216 e. The van der Waals surface area contributed by atoms with Crippen LogP contribution in [0.25, 0.3) is 55.8 Å². The van der Waals surface area contributed by atoms with E-state index in [1.165, 1.54) is 22.9 Å². The predicted molar refractivity (Wildman–Crippen MR) is 189 cm³/mol. The Balaban J connectivity index is 0.000000188. The molecule has 1 radical (unpaired) electrons. The Bertz CT molecular complexity index is 2090. The number of nitrogens with zero attached hydrogens (tertiary/aromatic N) is 3. The van der Waals surface area contributed by atoms with Crippen molar-refractivity contribution in [1.29, 1.82) is 0 Å². The number of aromatic nitrogens is 3. The number of fused-ring (bicyclic) bond motifs is 3. The van der Waals surface area contributed by atoms with E-state index in [0.717, 1.165) is 51.0 Å². The van der Waals surface area contributed by atoms with E-state index in [-0.39, 0.29) is 25.9 Å². The average Bonchev–Trinajstić information content (AvgIpc) is 3.43. The molecule has 0 saturated heterocycles. The molecule has 0 N–H and O–H groups in total. The molecule has 0 spiro atoms. The molecule has 0 bridgehead atoms. The minimum absolute atomic E-state index is 0. The number of hydrogen-bond acceptors (Lipinski definition) is 4. The first-order valence-electron chi connectivity index (χ1n) is 15.5. The molecule has 0 aliphatic heterocycles. The zero-order valence-corrected chi connectivity index (χ0v) is 30.5. The Morgan fingerprint density at radius 1 is 0.787 bits per heavy atom. The molecule has 7 heteroatoms. The summed E-state index contributed by atoms with van der Waals surface area (Å²) in [4.78, 5) is 13.7. The van der Waals surface area contributed by atoms with Crippen molar-refractivity contribution in [2.24, 2.45) is 5.92 Å². The third-order valence-corrected chi connectivity index (χ3v) is 9.84. The second-order valence-electron chi connectivity index (χ2n) is 12.8. The number of halogens is 1. The molecule has 239 valence electrons. The van der Waals surface area contributed by atoms with Gasteiger partial charge in [0.05, 0.1) is 19.4 Å². The number of benzene rings is 3. The molecule has 0 fully saturated rings. The van der Waals surface area contributed by atoms with Gasteiger partial charge in [-0.2, -0.15) is 0 Å².